The van der Waals surface area contributed by atoms with E-state index in [-0.39, 0.29) is 28.1 Å². The van der Waals surface area contributed by atoms with Gasteiger partial charge in [-0.05, 0) is 12.8 Å². The molecule has 2 aromatic heterocycles. The Labute approximate surface area is 238 Å². The molecule has 1 aliphatic heterocycles. The number of hydrogen-bond acceptors (Lipinski definition) is 15. The van der Waals surface area contributed by atoms with Crippen LogP contribution in [0.4, 0.5) is 5.95 Å². The molecular weight excluding hydrogens is 633 g/mol. The van der Waals surface area contributed by atoms with Crippen LogP contribution in [0, 0.1) is 5.41 Å². The summed E-state index contributed by atoms with van der Waals surface area (Å²) in [4.78, 5) is 40.3. The molecule has 2 aromatic rings. The molecule has 0 spiro atoms. The van der Waals surface area contributed by atoms with Gasteiger partial charge in [-0.25, -0.2) is 23.4 Å². The van der Waals surface area contributed by atoms with Crippen LogP contribution >= 0.6 is 36.5 Å². The highest BCUT2D eigenvalue weighted by molar-refractivity contribution is 7.80. The minimum atomic E-state index is -5.43. The van der Waals surface area contributed by atoms with E-state index in [1.165, 1.54) is 10.9 Å². The highest BCUT2D eigenvalue weighted by Crippen LogP contribution is 2.63. The van der Waals surface area contributed by atoms with E-state index in [0.717, 1.165) is 25.7 Å². The number of aliphatic hydroxyl groups excluding tert-OH is 2. The molecule has 24 heteroatoms. The fourth-order valence-electron chi connectivity index (χ4n) is 3.73. The largest absolute Gasteiger partial charge is 0.488 e. The quantitative estimate of drug-likeness (QED) is 0.0278. The number of guanidine groups is 1. The molecule has 0 saturated carbocycles. The molecule has 0 bridgehead atoms. The second-order valence-electron chi connectivity index (χ2n) is 8.59. The maximum atomic E-state index is 12.0. The first-order valence-corrected chi connectivity index (χ1v) is 16.6. The summed E-state index contributed by atoms with van der Waals surface area (Å²) in [6.45, 7) is 0.250. The molecular formula is C17H31N8O12P3S. The van der Waals surface area contributed by atoms with Gasteiger partial charge in [0.1, 0.15) is 28.9 Å². The number of imidazole rings is 1. The van der Waals surface area contributed by atoms with Crippen molar-refractivity contribution >= 4 is 59.6 Å². The van der Waals surface area contributed by atoms with Gasteiger partial charge in [0, 0.05) is 13.1 Å². The Bertz CT molecular complexity index is 1340. The molecule has 20 nitrogen and oxygen atoms in total. The van der Waals surface area contributed by atoms with Gasteiger partial charge in [-0.15, -0.1) is 12.6 Å². The number of nitrogens with two attached hydrogens (primary N) is 1. The number of anilines is 1. The van der Waals surface area contributed by atoms with Crippen molar-refractivity contribution in [1.29, 1.82) is 5.41 Å². The Morgan fingerprint density at radius 1 is 1.17 bits per heavy atom. The smallest absolute Gasteiger partial charge is 0.387 e. The molecule has 1 aliphatic rings. The van der Waals surface area contributed by atoms with Gasteiger partial charge in [-0.2, -0.15) is 9.29 Å². The van der Waals surface area contributed by atoms with Gasteiger partial charge in [0.2, 0.25) is 5.95 Å². The van der Waals surface area contributed by atoms with Gasteiger partial charge in [-0.3, -0.25) is 19.1 Å². The molecule has 5 unspecified atom stereocenters. The number of aromatic nitrogens is 4. The number of nitrogens with one attached hydrogen (secondary N) is 3. The number of phosphoric ester groups is 1. The first-order chi connectivity index (χ1) is 19.2. The summed E-state index contributed by atoms with van der Waals surface area (Å²) in [5.74, 6) is 0.150. The fraction of sp³-hybridized carbons (Fsp3) is 0.647. The summed E-state index contributed by atoms with van der Waals surface area (Å²) < 4.78 is 53.1. The molecule has 3 heterocycles. The van der Waals surface area contributed by atoms with Crippen LogP contribution in [0.25, 0.3) is 11.2 Å². The Balaban J connectivity index is 1.61. The zero-order chi connectivity index (χ0) is 30.4. The molecule has 232 valence electrons. The van der Waals surface area contributed by atoms with Gasteiger partial charge in [0.25, 0.3) is 0 Å². The normalized spacial score (nSPS) is 24.5. The summed E-state index contributed by atoms with van der Waals surface area (Å²) in [5, 5.41) is 34.2. The third-order valence-electron chi connectivity index (χ3n) is 5.52. The van der Waals surface area contributed by atoms with Crippen molar-refractivity contribution in [2.24, 2.45) is 5.73 Å². The van der Waals surface area contributed by atoms with Crippen LogP contribution in [-0.2, 0) is 31.6 Å². The Morgan fingerprint density at radius 2 is 1.85 bits per heavy atom. The van der Waals surface area contributed by atoms with E-state index in [2.05, 4.69) is 51.4 Å². The van der Waals surface area contributed by atoms with E-state index in [9.17, 15) is 33.7 Å². The van der Waals surface area contributed by atoms with E-state index in [1.807, 2.05) is 0 Å². The molecule has 3 rings (SSSR count). The fourth-order valence-corrected chi connectivity index (χ4v) is 6.77. The van der Waals surface area contributed by atoms with Crippen molar-refractivity contribution in [2.45, 2.75) is 55.2 Å². The summed E-state index contributed by atoms with van der Waals surface area (Å²) in [7, 11) is -14.8. The maximum Gasteiger partial charge on any atom is 0.488 e. The molecule has 7 atom stereocenters. The van der Waals surface area contributed by atoms with Crippen molar-refractivity contribution in [3.05, 3.63) is 6.33 Å². The number of unbranched alkanes of at least 4 members (excludes halogenated alkanes) is 3. The molecule has 0 radical (unpaired) electrons. The van der Waals surface area contributed by atoms with Gasteiger partial charge < -0.3 is 46.0 Å². The minimum absolute atomic E-state index is 0.0670. The molecule has 0 amide bonds. The maximum absolute atomic E-state index is 12.0. The van der Waals surface area contributed by atoms with E-state index in [4.69, 9.17) is 20.8 Å². The number of thiol groups is 1. The van der Waals surface area contributed by atoms with Crippen molar-refractivity contribution in [3.8, 4) is 0 Å². The second kappa shape index (κ2) is 14.7. The second-order valence-corrected chi connectivity index (χ2v) is 13.1. The van der Waals surface area contributed by atoms with Crippen LogP contribution in [-0.4, -0.2) is 88.4 Å². The van der Waals surface area contributed by atoms with Crippen LogP contribution in [0.5, 0.6) is 0 Å². The molecule has 0 aliphatic carbocycles. The molecule has 41 heavy (non-hydrogen) atoms. The van der Waals surface area contributed by atoms with Crippen molar-refractivity contribution < 1.29 is 56.5 Å². The number of hydrogen-bond donors (Lipinski definition) is 10. The lowest BCUT2D eigenvalue weighted by Crippen LogP contribution is -2.33. The van der Waals surface area contributed by atoms with Gasteiger partial charge in [0.05, 0.1) is 12.9 Å². The average molecular weight is 664 g/mol. The van der Waals surface area contributed by atoms with E-state index in [0.29, 0.717) is 13.1 Å². The Morgan fingerprint density at radius 3 is 2.51 bits per heavy atom. The van der Waals surface area contributed by atoms with Gasteiger partial charge in [-0.1, -0.05) is 12.8 Å². The number of nitrogens with zero attached hydrogens (tertiary/aromatic N) is 4. The zero-order valence-corrected chi connectivity index (χ0v) is 24.8. The molecule has 10 N–H and O–H groups in total. The zero-order valence-electron chi connectivity index (χ0n) is 21.1. The lowest BCUT2D eigenvalue weighted by atomic mass is 10.1. The molecule has 1 saturated heterocycles. The van der Waals surface area contributed by atoms with E-state index in [1.54, 1.807) is 0 Å². The predicted octanol–water partition coefficient (Wildman–Crippen LogP) is -0.178. The van der Waals surface area contributed by atoms with Crippen LogP contribution in [0.3, 0.4) is 0 Å². The van der Waals surface area contributed by atoms with Crippen LogP contribution < -0.4 is 16.4 Å². The number of ether oxygens (including phenoxy) is 1. The summed E-state index contributed by atoms with van der Waals surface area (Å²) in [6.07, 6.45) is -1.25. The van der Waals surface area contributed by atoms with Crippen LogP contribution in [0.2, 0.25) is 0 Å². The SMILES string of the molecule is N=C(N)NCCCCCCNc1nc(S)c2ncn(C3O[C@H](COP(=O)(O)OP(=O)(O)O[PH](=O)O)[C@H](O)C3O)c2n1. The highest BCUT2D eigenvalue weighted by atomic mass is 32.1. The Hall–Kier alpha value is -1.70. The number of rotatable bonds is 16. The molecule has 0 aromatic carbocycles. The first-order valence-electron chi connectivity index (χ1n) is 11.9. The predicted molar refractivity (Wildman–Crippen MR) is 144 cm³/mol. The van der Waals surface area contributed by atoms with Crippen molar-refractivity contribution in [2.75, 3.05) is 25.0 Å². The number of phosphoric acid groups is 2. The summed E-state index contributed by atoms with van der Waals surface area (Å²) >= 11 is 4.34. The van der Waals surface area contributed by atoms with Gasteiger partial charge >= 0.3 is 23.9 Å². The summed E-state index contributed by atoms with van der Waals surface area (Å²) in [5.41, 5.74) is 5.68. The topological polar surface area (TPSA) is 307 Å². The van der Waals surface area contributed by atoms with Crippen LogP contribution in [0.15, 0.2) is 11.4 Å². The lowest BCUT2D eigenvalue weighted by molar-refractivity contribution is -0.0503. The van der Waals surface area contributed by atoms with E-state index < -0.39 is 55.0 Å². The first kappa shape index (κ1) is 33.8. The number of fused-ring (bicyclic) bond motifs is 1. The highest BCUT2D eigenvalue weighted by Gasteiger charge is 2.46. The number of aliphatic hydroxyl groups is 2. The van der Waals surface area contributed by atoms with Crippen molar-refractivity contribution in [1.82, 2.24) is 24.8 Å². The Kier molecular flexibility index (Phi) is 12.1. The molecule has 1 fully saturated rings. The third kappa shape index (κ3) is 9.93. The minimum Gasteiger partial charge on any atom is -0.387 e. The van der Waals surface area contributed by atoms with Crippen LogP contribution in [0.1, 0.15) is 31.9 Å². The van der Waals surface area contributed by atoms with Gasteiger partial charge in [0.15, 0.2) is 17.8 Å². The standard InChI is InChI=1S/C17H31N8O12P3S/c18-16(19)20-5-3-1-2-4-6-21-17-23-13-10(14(41)24-17)22-8-25(13)15-12(27)11(26)9(35-15)7-34-39(30,31)37-40(32,33)36-38(28)29/h8-9,11-12,15,26-27,38H,1-7H2,(H,28,29)(H,30,31)(H,32,33)(H4,18,19,20)(H2,21,23,24,41)/t9-,11+,12?,15?/m1/s1. The lowest BCUT2D eigenvalue weighted by Gasteiger charge is -2.18. The summed E-state index contributed by atoms with van der Waals surface area (Å²) in [6, 6.07) is 0. The monoisotopic (exact) mass is 664 g/mol. The third-order valence-corrected chi connectivity index (χ3v) is 9.50. The van der Waals surface area contributed by atoms with E-state index >= 15 is 0 Å². The average Bonchev–Trinajstić information content (AvgIpc) is 3.39. The van der Waals surface area contributed by atoms with Crippen molar-refractivity contribution in [3.63, 3.8) is 0 Å².